The molecule has 2 aromatic rings. The first kappa shape index (κ1) is 18.4. The highest BCUT2D eigenvalue weighted by atomic mass is 16.5. The van der Waals surface area contributed by atoms with Crippen molar-refractivity contribution >= 4 is 17.7 Å². The molecule has 0 spiro atoms. The van der Waals surface area contributed by atoms with Gasteiger partial charge < -0.3 is 19.9 Å². The fourth-order valence-electron chi connectivity index (χ4n) is 3.01. The highest BCUT2D eigenvalue weighted by Crippen LogP contribution is 2.34. The fourth-order valence-corrected chi connectivity index (χ4v) is 3.01. The van der Waals surface area contributed by atoms with E-state index in [4.69, 9.17) is 9.47 Å². The van der Waals surface area contributed by atoms with Crippen LogP contribution in [0, 0.1) is 5.92 Å². The van der Waals surface area contributed by atoms with E-state index >= 15 is 0 Å². The van der Waals surface area contributed by atoms with Gasteiger partial charge in [0.15, 0.2) is 11.5 Å². The van der Waals surface area contributed by atoms with E-state index in [2.05, 4.69) is 10.3 Å². The van der Waals surface area contributed by atoms with Crippen LogP contribution in [0.15, 0.2) is 53.5 Å². The number of carbonyl (C=O) groups is 2. The Morgan fingerprint density at radius 2 is 1.96 bits per heavy atom. The van der Waals surface area contributed by atoms with Crippen molar-refractivity contribution in [2.75, 3.05) is 7.11 Å². The van der Waals surface area contributed by atoms with Crippen molar-refractivity contribution in [2.24, 2.45) is 10.9 Å². The van der Waals surface area contributed by atoms with E-state index in [0.29, 0.717) is 11.3 Å². The summed E-state index contributed by atoms with van der Waals surface area (Å²) in [6.45, 7) is 1.75. The molecule has 2 atom stereocenters. The first-order valence-corrected chi connectivity index (χ1v) is 8.42. The number of hydrogen-bond donors (Lipinski definition) is 2. The highest BCUT2D eigenvalue weighted by Gasteiger charge is 2.38. The van der Waals surface area contributed by atoms with Crippen LogP contribution in [-0.4, -0.2) is 29.9 Å². The lowest BCUT2D eigenvalue weighted by molar-refractivity contribution is -0.148. The number of benzene rings is 2. The van der Waals surface area contributed by atoms with Crippen molar-refractivity contribution < 1.29 is 24.2 Å². The summed E-state index contributed by atoms with van der Waals surface area (Å²) < 4.78 is 10.6. The van der Waals surface area contributed by atoms with Gasteiger partial charge in [-0.15, -0.1) is 0 Å². The molecule has 1 aliphatic heterocycles. The monoisotopic (exact) mass is 368 g/mol. The van der Waals surface area contributed by atoms with Gasteiger partial charge in [-0.3, -0.25) is 4.79 Å². The second kappa shape index (κ2) is 7.90. The van der Waals surface area contributed by atoms with Gasteiger partial charge in [0.2, 0.25) is 0 Å². The molecule has 1 heterocycles. The van der Waals surface area contributed by atoms with Crippen LogP contribution in [0.4, 0.5) is 4.79 Å². The zero-order valence-electron chi connectivity index (χ0n) is 15.0. The smallest absolute Gasteiger partial charge is 0.341 e. The molecule has 0 aliphatic carbocycles. The number of urea groups is 1. The summed E-state index contributed by atoms with van der Waals surface area (Å²) in [5.74, 6) is -1.05. The van der Waals surface area contributed by atoms with Crippen LogP contribution in [-0.2, 0) is 16.1 Å². The van der Waals surface area contributed by atoms with Crippen molar-refractivity contribution in [3.05, 3.63) is 59.7 Å². The minimum Gasteiger partial charge on any atom is -0.504 e. The third kappa shape index (κ3) is 4.08. The predicted octanol–water partition coefficient (Wildman–Crippen LogP) is 2.99. The van der Waals surface area contributed by atoms with Gasteiger partial charge in [0.25, 0.3) is 0 Å². The molecule has 0 saturated heterocycles. The Hall–Kier alpha value is -3.35. The molecule has 0 radical (unpaired) electrons. The van der Waals surface area contributed by atoms with Crippen LogP contribution < -0.4 is 10.1 Å². The SMILES string of the molecule is COc1cc(C2NC(=O)N=C(C)C2C(=O)OCc2ccccc2)ccc1O. The van der Waals surface area contributed by atoms with Crippen molar-refractivity contribution in [3.63, 3.8) is 0 Å². The normalized spacial score (nSPS) is 19.0. The zero-order valence-corrected chi connectivity index (χ0v) is 15.0. The van der Waals surface area contributed by atoms with Crippen molar-refractivity contribution in [2.45, 2.75) is 19.6 Å². The second-order valence-corrected chi connectivity index (χ2v) is 6.18. The van der Waals surface area contributed by atoms with Crippen LogP contribution in [0.3, 0.4) is 0 Å². The number of rotatable bonds is 5. The number of hydrogen-bond acceptors (Lipinski definition) is 5. The molecule has 2 N–H and O–H groups in total. The lowest BCUT2D eigenvalue weighted by atomic mass is 9.88. The van der Waals surface area contributed by atoms with Gasteiger partial charge in [0, 0.05) is 5.71 Å². The van der Waals surface area contributed by atoms with E-state index in [1.165, 1.54) is 13.2 Å². The number of amides is 2. The van der Waals surface area contributed by atoms with Crippen LogP contribution in [0.2, 0.25) is 0 Å². The van der Waals surface area contributed by atoms with E-state index in [0.717, 1.165) is 5.56 Å². The first-order chi connectivity index (χ1) is 13.0. The Labute approximate surface area is 156 Å². The largest absolute Gasteiger partial charge is 0.504 e. The molecular weight excluding hydrogens is 348 g/mol. The summed E-state index contributed by atoms with van der Waals surface area (Å²) in [4.78, 5) is 28.5. The number of aromatic hydroxyl groups is 1. The molecule has 2 amide bonds. The maximum atomic E-state index is 12.8. The topological polar surface area (TPSA) is 97.2 Å². The molecule has 1 aliphatic rings. The molecule has 7 nitrogen and oxygen atoms in total. The molecule has 0 bridgehead atoms. The van der Waals surface area contributed by atoms with Gasteiger partial charge in [0.1, 0.15) is 12.5 Å². The minimum absolute atomic E-state index is 0.0306. The Morgan fingerprint density at radius 3 is 2.67 bits per heavy atom. The summed E-state index contributed by atoms with van der Waals surface area (Å²) in [5, 5.41) is 12.5. The number of phenolic OH excluding ortho intramolecular Hbond substituents is 1. The molecule has 0 aromatic heterocycles. The molecule has 140 valence electrons. The summed E-state index contributed by atoms with van der Waals surface area (Å²) in [7, 11) is 1.43. The van der Waals surface area contributed by atoms with Gasteiger partial charge in [-0.05, 0) is 30.2 Å². The Bertz CT molecular complexity index is 879. The zero-order chi connectivity index (χ0) is 19.4. The Kier molecular flexibility index (Phi) is 5.40. The quantitative estimate of drug-likeness (QED) is 0.791. The van der Waals surface area contributed by atoms with E-state index < -0.39 is 24.0 Å². The minimum atomic E-state index is -0.777. The maximum absolute atomic E-state index is 12.8. The first-order valence-electron chi connectivity index (χ1n) is 8.42. The summed E-state index contributed by atoms with van der Waals surface area (Å²) in [6.07, 6.45) is 0. The van der Waals surface area contributed by atoms with Crippen molar-refractivity contribution in [1.82, 2.24) is 5.32 Å². The number of nitrogens with one attached hydrogen (secondary N) is 1. The number of phenols is 1. The number of ether oxygens (including phenoxy) is 2. The van der Waals surface area contributed by atoms with Gasteiger partial charge in [-0.2, -0.15) is 0 Å². The number of carbonyl (C=O) groups excluding carboxylic acids is 2. The van der Waals surface area contributed by atoms with Crippen molar-refractivity contribution in [1.29, 1.82) is 0 Å². The number of aliphatic imine (C=N–C) groups is 1. The molecule has 0 fully saturated rings. The van der Waals surface area contributed by atoms with Crippen molar-refractivity contribution in [3.8, 4) is 11.5 Å². The van der Waals surface area contributed by atoms with Gasteiger partial charge in [-0.25, -0.2) is 9.79 Å². The molecular formula is C20H20N2O5. The lowest BCUT2D eigenvalue weighted by Gasteiger charge is -2.30. The number of methoxy groups -OCH3 is 1. The third-order valence-corrected chi connectivity index (χ3v) is 4.38. The molecule has 0 saturated carbocycles. The third-order valence-electron chi connectivity index (χ3n) is 4.38. The van der Waals surface area contributed by atoms with Gasteiger partial charge in [0.05, 0.1) is 13.2 Å². The van der Waals surface area contributed by atoms with E-state index in [1.807, 2.05) is 30.3 Å². The highest BCUT2D eigenvalue weighted by molar-refractivity contribution is 6.08. The van der Waals surface area contributed by atoms with Crippen LogP contribution in [0.5, 0.6) is 11.5 Å². The van der Waals surface area contributed by atoms with E-state index in [9.17, 15) is 14.7 Å². The second-order valence-electron chi connectivity index (χ2n) is 6.18. The molecule has 27 heavy (non-hydrogen) atoms. The maximum Gasteiger partial charge on any atom is 0.341 e. The molecule has 3 rings (SSSR count). The molecule has 2 unspecified atom stereocenters. The lowest BCUT2D eigenvalue weighted by Crippen LogP contribution is -2.44. The Balaban J connectivity index is 1.86. The summed E-state index contributed by atoms with van der Waals surface area (Å²) >= 11 is 0. The predicted molar refractivity (Wildman–Crippen MR) is 98.8 cm³/mol. The van der Waals surface area contributed by atoms with Crippen LogP contribution in [0.1, 0.15) is 24.1 Å². The summed E-state index contributed by atoms with van der Waals surface area (Å²) in [5.41, 5.74) is 1.84. The van der Waals surface area contributed by atoms with Gasteiger partial charge in [-0.1, -0.05) is 36.4 Å². The number of esters is 1. The van der Waals surface area contributed by atoms with Gasteiger partial charge >= 0.3 is 12.0 Å². The van der Waals surface area contributed by atoms with E-state index in [1.54, 1.807) is 19.1 Å². The standard InChI is InChI=1S/C20H20N2O5/c1-12-17(19(24)27-11-13-6-4-3-5-7-13)18(22-20(25)21-12)14-8-9-15(23)16(10-14)26-2/h3-10,17-18,23H,11H2,1-2H3,(H,22,25). The number of nitrogens with zero attached hydrogens (tertiary/aromatic N) is 1. The Morgan fingerprint density at radius 1 is 1.22 bits per heavy atom. The fraction of sp³-hybridized carbons (Fsp3) is 0.250. The summed E-state index contributed by atoms with van der Waals surface area (Å²) in [6, 6.07) is 12.8. The molecule has 2 aromatic carbocycles. The van der Waals surface area contributed by atoms with Crippen LogP contribution in [0.25, 0.3) is 0 Å². The average Bonchev–Trinajstić information content (AvgIpc) is 2.66. The van der Waals surface area contributed by atoms with E-state index in [-0.39, 0.29) is 18.1 Å². The van der Waals surface area contributed by atoms with Crippen LogP contribution >= 0.6 is 0 Å². The average molecular weight is 368 g/mol. The molecule has 7 heteroatoms.